The van der Waals surface area contributed by atoms with E-state index in [4.69, 9.17) is 0 Å². The molecule has 1 atom stereocenters. The van der Waals surface area contributed by atoms with Gasteiger partial charge in [0.2, 0.25) is 0 Å². The van der Waals surface area contributed by atoms with E-state index in [1.165, 1.54) is 0 Å². The minimum atomic E-state index is -0.707. The van der Waals surface area contributed by atoms with Crippen molar-refractivity contribution >= 4 is 5.91 Å². The predicted octanol–water partition coefficient (Wildman–Crippen LogP) is 3.68. The summed E-state index contributed by atoms with van der Waals surface area (Å²) in [6.45, 7) is 5.11. The first-order valence-electron chi connectivity index (χ1n) is 9.12. The fourth-order valence-electron chi connectivity index (χ4n) is 3.10. The zero-order chi connectivity index (χ0) is 19.4. The Balaban J connectivity index is 1.70. The van der Waals surface area contributed by atoms with Crippen LogP contribution in [0.1, 0.15) is 34.6 Å². The van der Waals surface area contributed by atoms with E-state index in [1.807, 2.05) is 72.4 Å². The van der Waals surface area contributed by atoms with Gasteiger partial charge in [0.1, 0.15) is 0 Å². The van der Waals surface area contributed by atoms with Crippen molar-refractivity contribution in [2.24, 2.45) is 0 Å². The van der Waals surface area contributed by atoms with Crippen LogP contribution in [0.2, 0.25) is 0 Å². The van der Waals surface area contributed by atoms with Gasteiger partial charge in [0.15, 0.2) is 0 Å². The van der Waals surface area contributed by atoms with Gasteiger partial charge in [-0.3, -0.25) is 9.48 Å². The molecule has 0 radical (unpaired) electrons. The molecule has 0 bridgehead atoms. The lowest BCUT2D eigenvalue weighted by Crippen LogP contribution is -2.31. The Kier molecular flexibility index (Phi) is 5.72. The molecule has 3 aromatic rings. The van der Waals surface area contributed by atoms with Crippen LogP contribution in [0.3, 0.4) is 0 Å². The first kappa shape index (κ1) is 18.9. The van der Waals surface area contributed by atoms with E-state index in [0.29, 0.717) is 5.56 Å². The molecule has 0 saturated heterocycles. The fourth-order valence-corrected chi connectivity index (χ4v) is 3.10. The van der Waals surface area contributed by atoms with E-state index in [1.54, 1.807) is 11.9 Å². The number of hydrogen-bond acceptors (Lipinski definition) is 3. The average Bonchev–Trinajstić information content (AvgIpc) is 3.09. The van der Waals surface area contributed by atoms with Crippen molar-refractivity contribution in [3.05, 3.63) is 77.6 Å². The largest absolute Gasteiger partial charge is 0.387 e. The molecule has 1 unspecified atom stereocenters. The van der Waals surface area contributed by atoms with Crippen LogP contribution in [0.25, 0.3) is 11.1 Å². The number of benzene rings is 2. The van der Waals surface area contributed by atoms with Gasteiger partial charge in [-0.15, -0.1) is 0 Å². The van der Waals surface area contributed by atoms with Gasteiger partial charge < -0.3 is 10.0 Å². The second-order valence-electron chi connectivity index (χ2n) is 6.67. The third-order valence-corrected chi connectivity index (χ3v) is 4.69. The van der Waals surface area contributed by atoms with Gasteiger partial charge in [-0.05, 0) is 37.1 Å². The number of aliphatic hydroxyl groups excluding tert-OH is 1. The summed E-state index contributed by atoms with van der Waals surface area (Å²) in [7, 11) is 1.71. The van der Waals surface area contributed by atoms with Gasteiger partial charge in [0.25, 0.3) is 5.91 Å². The third-order valence-electron chi connectivity index (χ3n) is 4.69. The minimum Gasteiger partial charge on any atom is -0.387 e. The highest BCUT2D eigenvalue weighted by atomic mass is 16.3. The highest BCUT2D eigenvalue weighted by molar-refractivity contribution is 5.94. The predicted molar refractivity (Wildman–Crippen MR) is 106 cm³/mol. The third kappa shape index (κ3) is 4.26. The normalized spacial score (nSPS) is 12.0. The lowest BCUT2D eigenvalue weighted by molar-refractivity contribution is 0.0681. The van der Waals surface area contributed by atoms with E-state index in [0.717, 1.165) is 28.9 Å². The van der Waals surface area contributed by atoms with Crippen molar-refractivity contribution in [3.8, 4) is 11.1 Å². The lowest BCUT2D eigenvalue weighted by atomic mass is 10.0. The van der Waals surface area contributed by atoms with Crippen LogP contribution in [-0.2, 0) is 6.54 Å². The van der Waals surface area contributed by atoms with Crippen LogP contribution in [0.5, 0.6) is 0 Å². The summed E-state index contributed by atoms with van der Waals surface area (Å²) in [5.41, 5.74) is 4.48. The smallest absolute Gasteiger partial charge is 0.253 e. The number of carbonyl (C=O) groups excluding carboxylic acids is 1. The maximum atomic E-state index is 12.7. The number of amides is 1. The molecule has 27 heavy (non-hydrogen) atoms. The average molecular weight is 363 g/mol. The summed E-state index contributed by atoms with van der Waals surface area (Å²) in [6.07, 6.45) is 1.32. The first-order valence-corrected chi connectivity index (χ1v) is 9.12. The molecule has 0 aliphatic rings. The van der Waals surface area contributed by atoms with Gasteiger partial charge in [0, 0.05) is 30.9 Å². The number of likely N-dealkylation sites (N-methyl/N-ethyl adjacent to an activating group) is 1. The van der Waals surface area contributed by atoms with Gasteiger partial charge in [-0.25, -0.2) is 0 Å². The summed E-state index contributed by atoms with van der Waals surface area (Å²) in [4.78, 5) is 14.2. The molecule has 5 heteroatoms. The van der Waals surface area contributed by atoms with Crippen LogP contribution in [-0.4, -0.2) is 39.3 Å². The number of carbonyl (C=O) groups is 1. The zero-order valence-corrected chi connectivity index (χ0v) is 16.0. The summed E-state index contributed by atoms with van der Waals surface area (Å²) >= 11 is 0. The Labute approximate surface area is 159 Å². The van der Waals surface area contributed by atoms with Crippen molar-refractivity contribution in [2.75, 3.05) is 13.6 Å². The highest BCUT2D eigenvalue weighted by Gasteiger charge is 2.17. The molecule has 3 rings (SSSR count). The molecule has 2 aromatic carbocycles. The van der Waals surface area contributed by atoms with E-state index in [-0.39, 0.29) is 12.5 Å². The van der Waals surface area contributed by atoms with Crippen LogP contribution in [0.15, 0.2) is 60.8 Å². The molecule has 0 spiro atoms. The maximum absolute atomic E-state index is 12.7. The second kappa shape index (κ2) is 8.18. The standard InChI is InChI=1S/C22H25N3O2/c1-4-25-14-20(16(2)23-25)17-10-12-19(13-11-17)22(27)24(3)15-21(26)18-8-6-5-7-9-18/h5-14,21,26H,4,15H2,1-3H3. The molecule has 140 valence electrons. The Morgan fingerprint density at radius 2 is 1.81 bits per heavy atom. The topological polar surface area (TPSA) is 58.4 Å². The molecule has 1 amide bonds. The Hall–Kier alpha value is -2.92. The van der Waals surface area contributed by atoms with Crippen molar-refractivity contribution in [1.82, 2.24) is 14.7 Å². The number of aryl methyl sites for hydroxylation is 2. The molecular weight excluding hydrogens is 338 g/mol. The molecule has 0 fully saturated rings. The Bertz CT molecular complexity index is 901. The fraction of sp³-hybridized carbons (Fsp3) is 0.273. The summed E-state index contributed by atoms with van der Waals surface area (Å²) in [5.74, 6) is -0.113. The molecule has 0 aliphatic carbocycles. The van der Waals surface area contributed by atoms with Crippen LogP contribution >= 0.6 is 0 Å². The number of rotatable bonds is 6. The summed E-state index contributed by atoms with van der Waals surface area (Å²) in [6, 6.07) is 16.9. The number of nitrogens with zero attached hydrogens (tertiary/aromatic N) is 3. The van der Waals surface area contributed by atoms with E-state index in [2.05, 4.69) is 12.0 Å². The molecule has 0 aliphatic heterocycles. The van der Waals surface area contributed by atoms with E-state index < -0.39 is 6.10 Å². The van der Waals surface area contributed by atoms with Gasteiger partial charge >= 0.3 is 0 Å². The minimum absolute atomic E-state index is 0.113. The van der Waals surface area contributed by atoms with Gasteiger partial charge in [-0.1, -0.05) is 42.5 Å². The number of hydrogen-bond donors (Lipinski definition) is 1. The van der Waals surface area contributed by atoms with Crippen LogP contribution < -0.4 is 0 Å². The van der Waals surface area contributed by atoms with Gasteiger partial charge in [0.05, 0.1) is 18.3 Å². The molecule has 1 heterocycles. The van der Waals surface area contributed by atoms with Crippen molar-refractivity contribution in [1.29, 1.82) is 0 Å². The van der Waals surface area contributed by atoms with Crippen LogP contribution in [0, 0.1) is 6.92 Å². The SMILES string of the molecule is CCn1cc(-c2ccc(C(=O)N(C)CC(O)c3ccccc3)cc2)c(C)n1. The van der Waals surface area contributed by atoms with E-state index in [9.17, 15) is 9.90 Å². The summed E-state index contributed by atoms with van der Waals surface area (Å²) < 4.78 is 1.91. The Morgan fingerprint density at radius 1 is 1.15 bits per heavy atom. The van der Waals surface area contributed by atoms with Crippen molar-refractivity contribution < 1.29 is 9.90 Å². The van der Waals surface area contributed by atoms with Crippen molar-refractivity contribution in [2.45, 2.75) is 26.5 Å². The maximum Gasteiger partial charge on any atom is 0.253 e. The Morgan fingerprint density at radius 3 is 2.41 bits per heavy atom. The lowest BCUT2D eigenvalue weighted by Gasteiger charge is -2.21. The summed E-state index contributed by atoms with van der Waals surface area (Å²) in [5, 5.41) is 14.8. The van der Waals surface area contributed by atoms with E-state index >= 15 is 0 Å². The molecule has 5 nitrogen and oxygen atoms in total. The monoisotopic (exact) mass is 363 g/mol. The van der Waals surface area contributed by atoms with Gasteiger partial charge in [-0.2, -0.15) is 5.10 Å². The number of aliphatic hydroxyl groups is 1. The zero-order valence-electron chi connectivity index (χ0n) is 16.0. The molecular formula is C22H25N3O2. The quantitative estimate of drug-likeness (QED) is 0.727. The first-order chi connectivity index (χ1) is 13.0. The highest BCUT2D eigenvalue weighted by Crippen LogP contribution is 2.23. The van der Waals surface area contributed by atoms with Crippen molar-refractivity contribution in [3.63, 3.8) is 0 Å². The molecule has 0 saturated carbocycles. The second-order valence-corrected chi connectivity index (χ2v) is 6.67. The molecule has 1 aromatic heterocycles. The number of aromatic nitrogens is 2. The molecule has 1 N–H and O–H groups in total. The van der Waals surface area contributed by atoms with Crippen LogP contribution in [0.4, 0.5) is 0 Å².